The van der Waals surface area contributed by atoms with Crippen LogP contribution in [0.15, 0.2) is 42.5 Å². The molecule has 0 heterocycles. The molecule has 0 aromatic heterocycles. The fraction of sp³-hybridized carbons (Fsp3) is 0.412. The summed E-state index contributed by atoms with van der Waals surface area (Å²) in [4.78, 5) is 0. The van der Waals surface area contributed by atoms with Crippen molar-refractivity contribution in [2.75, 3.05) is 0 Å². The summed E-state index contributed by atoms with van der Waals surface area (Å²) in [5.41, 5.74) is 0. The molecular weight excluding hydrogens is 332 g/mol. The minimum atomic E-state index is 0.0155. The number of unbranched alkanes of at least 4 members (excludes halogenated alkanes) is 4. The summed E-state index contributed by atoms with van der Waals surface area (Å²) in [5, 5.41) is 2.90. The molecule has 0 nitrogen and oxygen atoms in total. The normalized spacial score (nSPS) is 10.9. The van der Waals surface area contributed by atoms with Gasteiger partial charge in [0.1, 0.15) is 0 Å². The molecule has 0 radical (unpaired) electrons. The van der Waals surface area contributed by atoms with Crippen LogP contribution < -0.4 is 3.61 Å². The molecule has 0 fully saturated rings. The summed E-state index contributed by atoms with van der Waals surface area (Å²) in [7, 11) is 0. The molecule has 0 atom stereocenters. The molecule has 0 aliphatic carbocycles. The third-order valence-electron chi connectivity index (χ3n) is 3.26. The van der Waals surface area contributed by atoms with Crippen molar-refractivity contribution in [2.45, 2.75) is 43.5 Å². The van der Waals surface area contributed by atoms with Crippen LogP contribution in [0.4, 0.5) is 0 Å². The Labute approximate surface area is 121 Å². The molecule has 0 saturated carbocycles. The zero-order valence-electron chi connectivity index (χ0n) is 11.2. The maximum atomic E-state index is 2.34. The average Bonchev–Trinajstić information content (AvgIpc) is 2.43. The van der Waals surface area contributed by atoms with Crippen molar-refractivity contribution < 1.29 is 0 Å². The van der Waals surface area contributed by atoms with E-state index in [2.05, 4.69) is 49.4 Å². The molecule has 0 spiro atoms. The SMILES string of the molecule is CCCCCCC[Te]c1cccc2ccccc12. The second-order valence-electron chi connectivity index (χ2n) is 4.74. The van der Waals surface area contributed by atoms with Crippen molar-refractivity contribution in [1.82, 2.24) is 0 Å². The van der Waals surface area contributed by atoms with E-state index in [9.17, 15) is 0 Å². The second-order valence-corrected chi connectivity index (χ2v) is 7.98. The van der Waals surface area contributed by atoms with E-state index in [4.69, 9.17) is 0 Å². The predicted octanol–water partition coefficient (Wildman–Crippen LogP) is 4.56. The number of fused-ring (bicyclic) bond motifs is 1. The van der Waals surface area contributed by atoms with Gasteiger partial charge in [0, 0.05) is 0 Å². The first-order chi connectivity index (χ1) is 8.92. The van der Waals surface area contributed by atoms with E-state index in [-0.39, 0.29) is 20.9 Å². The topological polar surface area (TPSA) is 0 Å². The van der Waals surface area contributed by atoms with E-state index in [1.54, 1.807) is 3.61 Å². The van der Waals surface area contributed by atoms with Gasteiger partial charge < -0.3 is 0 Å². The first kappa shape index (κ1) is 13.9. The summed E-state index contributed by atoms with van der Waals surface area (Å²) >= 11 is 0.0155. The fourth-order valence-corrected chi connectivity index (χ4v) is 5.30. The Kier molecular flexibility index (Phi) is 6.05. The van der Waals surface area contributed by atoms with Crippen LogP contribution in [0, 0.1) is 0 Å². The molecule has 96 valence electrons. The van der Waals surface area contributed by atoms with E-state index in [0.29, 0.717) is 0 Å². The van der Waals surface area contributed by atoms with Gasteiger partial charge in [-0.2, -0.15) is 0 Å². The van der Waals surface area contributed by atoms with E-state index < -0.39 is 0 Å². The van der Waals surface area contributed by atoms with Gasteiger partial charge in [-0.05, 0) is 0 Å². The van der Waals surface area contributed by atoms with Gasteiger partial charge in [-0.1, -0.05) is 0 Å². The molecule has 0 amide bonds. The van der Waals surface area contributed by atoms with Gasteiger partial charge in [-0.25, -0.2) is 0 Å². The zero-order chi connectivity index (χ0) is 12.6. The van der Waals surface area contributed by atoms with Crippen LogP contribution in [0.1, 0.15) is 39.0 Å². The zero-order valence-corrected chi connectivity index (χ0v) is 13.5. The van der Waals surface area contributed by atoms with Crippen molar-refractivity contribution >= 4 is 35.3 Å². The van der Waals surface area contributed by atoms with Gasteiger partial charge in [0.15, 0.2) is 0 Å². The fourth-order valence-electron chi connectivity index (χ4n) is 2.21. The molecule has 0 unspecified atom stereocenters. The number of hydrogen-bond acceptors (Lipinski definition) is 0. The average molecular weight is 354 g/mol. The Balaban J connectivity index is 1.88. The Morgan fingerprint density at radius 1 is 0.833 bits per heavy atom. The molecule has 0 saturated heterocycles. The van der Waals surface area contributed by atoms with Crippen LogP contribution in [0.25, 0.3) is 10.8 Å². The summed E-state index contributed by atoms with van der Waals surface area (Å²) in [6.07, 6.45) is 7.06. The predicted molar refractivity (Wildman–Crippen MR) is 82.9 cm³/mol. The monoisotopic (exact) mass is 356 g/mol. The van der Waals surface area contributed by atoms with E-state index in [0.717, 1.165) is 0 Å². The number of hydrogen-bond donors (Lipinski definition) is 0. The maximum absolute atomic E-state index is 2.34. The van der Waals surface area contributed by atoms with Gasteiger partial charge in [0.05, 0.1) is 0 Å². The molecule has 0 N–H and O–H groups in total. The van der Waals surface area contributed by atoms with E-state index in [1.165, 1.54) is 47.3 Å². The Morgan fingerprint density at radius 2 is 1.61 bits per heavy atom. The number of benzene rings is 2. The minimum absolute atomic E-state index is 0.0155. The van der Waals surface area contributed by atoms with Crippen molar-refractivity contribution in [2.24, 2.45) is 0 Å². The first-order valence-electron chi connectivity index (χ1n) is 7.02. The third-order valence-corrected chi connectivity index (χ3v) is 6.57. The molecular formula is C17H22Te. The molecule has 1 heteroatoms. The van der Waals surface area contributed by atoms with Gasteiger partial charge in [0.2, 0.25) is 0 Å². The van der Waals surface area contributed by atoms with Gasteiger partial charge in [-0.15, -0.1) is 0 Å². The van der Waals surface area contributed by atoms with Crippen molar-refractivity contribution in [1.29, 1.82) is 0 Å². The first-order valence-corrected chi connectivity index (χ1v) is 9.83. The van der Waals surface area contributed by atoms with Crippen LogP contribution in [0.3, 0.4) is 0 Å². The van der Waals surface area contributed by atoms with Crippen LogP contribution in [0.5, 0.6) is 0 Å². The van der Waals surface area contributed by atoms with Crippen LogP contribution in [-0.2, 0) is 0 Å². The van der Waals surface area contributed by atoms with Crippen molar-refractivity contribution in [3.8, 4) is 0 Å². The van der Waals surface area contributed by atoms with Crippen LogP contribution in [-0.4, -0.2) is 20.9 Å². The van der Waals surface area contributed by atoms with E-state index >= 15 is 0 Å². The van der Waals surface area contributed by atoms with Crippen LogP contribution >= 0.6 is 0 Å². The molecule has 2 aromatic rings. The Bertz CT molecular complexity index is 470. The summed E-state index contributed by atoms with van der Waals surface area (Å²) in [5.74, 6) is 0. The van der Waals surface area contributed by atoms with Crippen molar-refractivity contribution in [3.63, 3.8) is 0 Å². The molecule has 18 heavy (non-hydrogen) atoms. The standard InChI is InChI=1S/C17H22Te/c1-2-3-4-5-8-14-18-17-13-9-11-15-10-6-7-12-16(15)17/h6-7,9-13H,2-5,8,14H2,1H3. The Morgan fingerprint density at radius 3 is 2.50 bits per heavy atom. The molecule has 2 aromatic carbocycles. The van der Waals surface area contributed by atoms with E-state index in [1.807, 2.05) is 0 Å². The summed E-state index contributed by atoms with van der Waals surface area (Å²) < 4.78 is 3.11. The van der Waals surface area contributed by atoms with Gasteiger partial charge in [-0.3, -0.25) is 0 Å². The van der Waals surface area contributed by atoms with Gasteiger partial charge in [0.25, 0.3) is 0 Å². The third kappa shape index (κ3) is 4.01. The number of rotatable bonds is 7. The van der Waals surface area contributed by atoms with Gasteiger partial charge >= 0.3 is 121 Å². The quantitative estimate of drug-likeness (QED) is 0.505. The summed E-state index contributed by atoms with van der Waals surface area (Å²) in [6.45, 7) is 2.28. The van der Waals surface area contributed by atoms with Crippen molar-refractivity contribution in [3.05, 3.63) is 42.5 Å². The molecule has 0 aliphatic heterocycles. The van der Waals surface area contributed by atoms with Crippen LogP contribution in [0.2, 0.25) is 4.47 Å². The molecule has 0 aliphatic rings. The molecule has 2 rings (SSSR count). The summed E-state index contributed by atoms with van der Waals surface area (Å²) in [6, 6.07) is 15.6. The Hall–Kier alpha value is -0.510. The molecule has 0 bridgehead atoms. The second kappa shape index (κ2) is 7.82.